The van der Waals surface area contributed by atoms with E-state index >= 15 is 0 Å². The highest BCUT2D eigenvalue weighted by Gasteiger charge is 2.27. The molecular formula is C13H19N3O. The van der Waals surface area contributed by atoms with Crippen molar-refractivity contribution in [2.45, 2.75) is 19.9 Å². The highest BCUT2D eigenvalue weighted by atomic mass is 16.3. The van der Waals surface area contributed by atoms with Crippen LogP contribution in [0.3, 0.4) is 0 Å². The molecular weight excluding hydrogens is 214 g/mol. The predicted octanol–water partition coefficient (Wildman–Crippen LogP) is 1.72. The molecule has 1 unspecified atom stereocenters. The van der Waals surface area contributed by atoms with Gasteiger partial charge in [-0.15, -0.1) is 0 Å². The van der Waals surface area contributed by atoms with E-state index in [1.165, 1.54) is 0 Å². The van der Waals surface area contributed by atoms with Crippen molar-refractivity contribution in [3.63, 3.8) is 0 Å². The molecule has 4 nitrogen and oxygen atoms in total. The summed E-state index contributed by atoms with van der Waals surface area (Å²) in [6.45, 7) is 5.93. The van der Waals surface area contributed by atoms with Crippen molar-refractivity contribution in [1.82, 2.24) is 4.90 Å². The topological polar surface area (TPSA) is 61.8 Å². The number of aliphatic imine (C=N–C) groups is 1. The van der Waals surface area contributed by atoms with E-state index in [1.807, 2.05) is 12.1 Å². The van der Waals surface area contributed by atoms with E-state index in [2.05, 4.69) is 23.7 Å². The number of nitrogens with zero attached hydrogens (tertiary/aromatic N) is 2. The molecule has 0 radical (unpaired) electrons. The number of benzene rings is 1. The van der Waals surface area contributed by atoms with Gasteiger partial charge in [0.2, 0.25) is 0 Å². The van der Waals surface area contributed by atoms with Crippen LogP contribution in [0, 0.1) is 5.92 Å². The summed E-state index contributed by atoms with van der Waals surface area (Å²) in [5, 5.41) is 9.30. The van der Waals surface area contributed by atoms with Gasteiger partial charge in [0.25, 0.3) is 0 Å². The quantitative estimate of drug-likeness (QED) is 0.835. The fraction of sp³-hybridized carbons (Fsp3) is 0.462. The smallest absolute Gasteiger partial charge is 0.191 e. The Bertz CT molecular complexity index is 411. The van der Waals surface area contributed by atoms with Crippen LogP contribution in [0.15, 0.2) is 29.3 Å². The third-order valence-electron chi connectivity index (χ3n) is 2.94. The number of phenolic OH excluding ortho intramolecular Hbond substituents is 1. The Balaban J connectivity index is 2.18. The van der Waals surface area contributed by atoms with Crippen LogP contribution in [0.25, 0.3) is 0 Å². The molecule has 0 bridgehead atoms. The van der Waals surface area contributed by atoms with E-state index in [-0.39, 0.29) is 11.8 Å². The molecule has 0 saturated heterocycles. The zero-order valence-corrected chi connectivity index (χ0v) is 10.3. The number of aromatic hydroxyl groups is 1. The predicted molar refractivity (Wildman–Crippen MR) is 68.9 cm³/mol. The van der Waals surface area contributed by atoms with Gasteiger partial charge in [-0.05, 0) is 23.6 Å². The zero-order valence-electron chi connectivity index (χ0n) is 10.3. The summed E-state index contributed by atoms with van der Waals surface area (Å²) in [7, 11) is 0. The van der Waals surface area contributed by atoms with Crippen LogP contribution in [0.1, 0.15) is 25.5 Å². The molecule has 0 fully saturated rings. The van der Waals surface area contributed by atoms with Gasteiger partial charge in [-0.25, -0.2) is 0 Å². The Kier molecular flexibility index (Phi) is 3.22. The van der Waals surface area contributed by atoms with Crippen molar-refractivity contribution in [2.75, 3.05) is 13.1 Å². The Morgan fingerprint density at radius 3 is 2.65 bits per heavy atom. The lowest BCUT2D eigenvalue weighted by atomic mass is 10.0. The first kappa shape index (κ1) is 11.8. The molecule has 0 aliphatic carbocycles. The molecule has 0 spiro atoms. The molecule has 0 aromatic heterocycles. The molecule has 2 rings (SSSR count). The molecule has 4 heteroatoms. The van der Waals surface area contributed by atoms with E-state index in [9.17, 15) is 5.11 Å². The molecule has 1 aromatic rings. The summed E-state index contributed by atoms with van der Waals surface area (Å²) in [6, 6.07) is 7.48. The Morgan fingerprint density at radius 2 is 2.06 bits per heavy atom. The van der Waals surface area contributed by atoms with E-state index in [0.717, 1.165) is 12.1 Å². The van der Waals surface area contributed by atoms with Crippen molar-refractivity contribution < 1.29 is 5.11 Å². The first-order chi connectivity index (χ1) is 8.08. The number of hydrogen-bond acceptors (Lipinski definition) is 4. The number of rotatable bonds is 3. The van der Waals surface area contributed by atoms with Crippen molar-refractivity contribution in [1.29, 1.82) is 0 Å². The highest BCUT2D eigenvalue weighted by molar-refractivity contribution is 5.80. The van der Waals surface area contributed by atoms with Gasteiger partial charge >= 0.3 is 0 Å². The molecule has 3 N–H and O–H groups in total. The van der Waals surface area contributed by atoms with Crippen LogP contribution < -0.4 is 5.73 Å². The second-order valence-corrected chi connectivity index (χ2v) is 4.85. The number of nitrogens with two attached hydrogens (primary N) is 1. The molecule has 0 amide bonds. The minimum atomic E-state index is 0.206. The Hall–Kier alpha value is -1.71. The summed E-state index contributed by atoms with van der Waals surface area (Å²) in [6.07, 6.45) is 0. The molecule has 0 saturated carbocycles. The summed E-state index contributed by atoms with van der Waals surface area (Å²) >= 11 is 0. The lowest BCUT2D eigenvalue weighted by Crippen LogP contribution is -2.38. The van der Waals surface area contributed by atoms with Gasteiger partial charge in [0.15, 0.2) is 5.96 Å². The molecule has 17 heavy (non-hydrogen) atoms. The monoisotopic (exact) mass is 233 g/mol. The second-order valence-electron chi connectivity index (χ2n) is 4.85. The van der Waals surface area contributed by atoms with Crippen molar-refractivity contribution in [3.05, 3.63) is 29.8 Å². The molecule has 92 valence electrons. The van der Waals surface area contributed by atoms with E-state index in [1.54, 1.807) is 12.1 Å². The lowest BCUT2D eigenvalue weighted by molar-refractivity contribution is 0.309. The lowest BCUT2D eigenvalue weighted by Gasteiger charge is -2.28. The Morgan fingerprint density at radius 1 is 1.41 bits per heavy atom. The Labute approximate surface area is 102 Å². The normalized spacial score (nSPS) is 19.8. The fourth-order valence-corrected chi connectivity index (χ4v) is 2.13. The molecule has 1 heterocycles. The fourth-order valence-electron chi connectivity index (χ4n) is 2.13. The van der Waals surface area contributed by atoms with Gasteiger partial charge in [-0.3, -0.25) is 4.99 Å². The first-order valence-corrected chi connectivity index (χ1v) is 5.93. The van der Waals surface area contributed by atoms with Crippen LogP contribution in [0.4, 0.5) is 0 Å². The number of guanidine groups is 1. The van der Waals surface area contributed by atoms with Crippen molar-refractivity contribution >= 4 is 5.96 Å². The molecule has 1 atom stereocenters. The number of phenols is 1. The highest BCUT2D eigenvalue weighted by Crippen LogP contribution is 2.27. The van der Waals surface area contributed by atoms with Crippen molar-refractivity contribution in [3.8, 4) is 5.75 Å². The first-order valence-electron chi connectivity index (χ1n) is 5.93. The summed E-state index contributed by atoms with van der Waals surface area (Å²) < 4.78 is 0. The summed E-state index contributed by atoms with van der Waals surface area (Å²) in [5.41, 5.74) is 7.06. The molecule has 1 aliphatic heterocycles. The maximum absolute atomic E-state index is 9.30. The van der Waals surface area contributed by atoms with Crippen LogP contribution in [0.2, 0.25) is 0 Å². The van der Waals surface area contributed by atoms with E-state index < -0.39 is 0 Å². The molecule has 1 aliphatic rings. The maximum Gasteiger partial charge on any atom is 0.191 e. The van der Waals surface area contributed by atoms with Crippen LogP contribution in [-0.4, -0.2) is 29.1 Å². The van der Waals surface area contributed by atoms with Gasteiger partial charge < -0.3 is 15.7 Å². The van der Waals surface area contributed by atoms with Crippen LogP contribution >= 0.6 is 0 Å². The minimum Gasteiger partial charge on any atom is -0.508 e. The second kappa shape index (κ2) is 4.65. The molecule has 1 aromatic carbocycles. The third-order valence-corrected chi connectivity index (χ3v) is 2.94. The number of hydrogen-bond donors (Lipinski definition) is 2. The minimum absolute atomic E-state index is 0.206. The van der Waals surface area contributed by atoms with Gasteiger partial charge in [-0.1, -0.05) is 26.0 Å². The van der Waals surface area contributed by atoms with Crippen molar-refractivity contribution in [2.24, 2.45) is 16.6 Å². The zero-order chi connectivity index (χ0) is 12.4. The van der Waals surface area contributed by atoms with Gasteiger partial charge in [0, 0.05) is 6.54 Å². The SMILES string of the molecule is CC(C)CN1C(N)=NCC1c1ccc(O)cc1. The van der Waals surface area contributed by atoms with Crippen LogP contribution in [-0.2, 0) is 0 Å². The average Bonchev–Trinajstić information content (AvgIpc) is 2.61. The van der Waals surface area contributed by atoms with Crippen LogP contribution in [0.5, 0.6) is 5.75 Å². The maximum atomic E-state index is 9.30. The van der Waals surface area contributed by atoms with Gasteiger partial charge in [0.1, 0.15) is 5.75 Å². The summed E-state index contributed by atoms with van der Waals surface area (Å²) in [4.78, 5) is 6.44. The average molecular weight is 233 g/mol. The standard InChI is InChI=1S/C13H19N3O/c1-9(2)8-16-12(7-15-13(16)14)10-3-5-11(17)6-4-10/h3-6,9,12,17H,7-8H2,1-2H3,(H2,14,15). The van der Waals surface area contributed by atoms with Gasteiger partial charge in [-0.2, -0.15) is 0 Å². The van der Waals surface area contributed by atoms with E-state index in [4.69, 9.17) is 5.73 Å². The summed E-state index contributed by atoms with van der Waals surface area (Å²) in [5.74, 6) is 1.45. The third kappa shape index (κ3) is 2.52. The van der Waals surface area contributed by atoms with E-state index in [0.29, 0.717) is 18.4 Å². The van der Waals surface area contributed by atoms with Gasteiger partial charge in [0.05, 0.1) is 12.6 Å². The largest absolute Gasteiger partial charge is 0.508 e.